The van der Waals surface area contributed by atoms with Crippen molar-refractivity contribution < 1.29 is 0 Å². The van der Waals surface area contributed by atoms with Gasteiger partial charge in [0.2, 0.25) is 0 Å². The lowest BCUT2D eigenvalue weighted by molar-refractivity contribution is 1.31. The fourth-order valence-corrected chi connectivity index (χ4v) is 6.82. The van der Waals surface area contributed by atoms with E-state index in [1.165, 1.54) is 53.4 Å². The van der Waals surface area contributed by atoms with Crippen LogP contribution in [0.15, 0.2) is 138 Å². The van der Waals surface area contributed by atoms with Crippen molar-refractivity contribution in [3.63, 3.8) is 0 Å². The molecular formula is C34H22BrNS. The maximum Gasteiger partial charge on any atom is 0.0651 e. The summed E-state index contributed by atoms with van der Waals surface area (Å²) in [5, 5.41) is 5.03. The van der Waals surface area contributed by atoms with Crippen LogP contribution in [0.4, 0.5) is 17.1 Å². The third-order valence-electron chi connectivity index (χ3n) is 6.90. The second kappa shape index (κ2) is 9.19. The number of benzene rings is 6. The van der Waals surface area contributed by atoms with Gasteiger partial charge in [0.15, 0.2) is 0 Å². The highest BCUT2D eigenvalue weighted by Gasteiger charge is 2.20. The minimum Gasteiger partial charge on any atom is -0.308 e. The monoisotopic (exact) mass is 555 g/mol. The van der Waals surface area contributed by atoms with E-state index in [2.05, 4.69) is 154 Å². The summed E-state index contributed by atoms with van der Waals surface area (Å²) in [6.07, 6.45) is 0. The highest BCUT2D eigenvalue weighted by Crippen LogP contribution is 2.47. The van der Waals surface area contributed by atoms with E-state index in [4.69, 9.17) is 0 Å². The molecule has 0 aliphatic carbocycles. The first-order chi connectivity index (χ1) is 18.3. The average molecular weight is 557 g/mol. The summed E-state index contributed by atoms with van der Waals surface area (Å²) in [6.45, 7) is 0. The summed E-state index contributed by atoms with van der Waals surface area (Å²) in [5.41, 5.74) is 5.91. The van der Waals surface area contributed by atoms with Crippen molar-refractivity contribution in [1.29, 1.82) is 0 Å². The molecule has 0 atom stereocenters. The Bertz CT molecular complexity index is 1880. The van der Waals surface area contributed by atoms with E-state index in [9.17, 15) is 0 Å². The van der Waals surface area contributed by atoms with Gasteiger partial charge in [-0.25, -0.2) is 0 Å². The highest BCUT2D eigenvalue weighted by atomic mass is 79.9. The summed E-state index contributed by atoms with van der Waals surface area (Å²) >= 11 is 5.69. The fraction of sp³-hybridized carbons (Fsp3) is 0. The van der Waals surface area contributed by atoms with Gasteiger partial charge in [-0.3, -0.25) is 0 Å². The van der Waals surface area contributed by atoms with E-state index in [1.54, 1.807) is 0 Å². The van der Waals surface area contributed by atoms with Gasteiger partial charge in [0.05, 0.1) is 16.1 Å². The summed E-state index contributed by atoms with van der Waals surface area (Å²) < 4.78 is 3.66. The lowest BCUT2D eigenvalue weighted by atomic mass is 10.0. The fourth-order valence-electron chi connectivity index (χ4n) is 5.19. The molecular weight excluding hydrogens is 534 g/mol. The number of fused-ring (bicyclic) bond motifs is 4. The van der Waals surface area contributed by atoms with Crippen LogP contribution in [-0.4, -0.2) is 0 Å². The Labute approximate surface area is 228 Å². The Hall–Kier alpha value is -3.92. The molecule has 1 heterocycles. The van der Waals surface area contributed by atoms with Gasteiger partial charge in [-0.05, 0) is 52.9 Å². The van der Waals surface area contributed by atoms with Gasteiger partial charge in [-0.2, -0.15) is 0 Å². The third kappa shape index (κ3) is 3.92. The van der Waals surface area contributed by atoms with Gasteiger partial charge < -0.3 is 4.90 Å². The molecule has 3 heteroatoms. The summed E-state index contributed by atoms with van der Waals surface area (Å²) in [7, 11) is 0. The largest absolute Gasteiger partial charge is 0.308 e. The Morgan fingerprint density at radius 1 is 0.514 bits per heavy atom. The Morgan fingerprint density at radius 2 is 1.19 bits per heavy atom. The minimum absolute atomic E-state index is 1.07. The first kappa shape index (κ1) is 22.3. The van der Waals surface area contributed by atoms with Crippen LogP contribution in [0, 0.1) is 0 Å². The van der Waals surface area contributed by atoms with Crippen LogP contribution in [0.25, 0.3) is 42.1 Å². The Kier molecular flexibility index (Phi) is 5.53. The number of anilines is 3. The van der Waals surface area contributed by atoms with Crippen LogP contribution in [-0.2, 0) is 0 Å². The van der Waals surface area contributed by atoms with Gasteiger partial charge in [0, 0.05) is 31.0 Å². The molecule has 0 N–H and O–H groups in total. The van der Waals surface area contributed by atoms with E-state index in [-0.39, 0.29) is 0 Å². The lowest BCUT2D eigenvalue weighted by Gasteiger charge is -2.28. The normalized spacial score (nSPS) is 11.4. The van der Waals surface area contributed by atoms with Crippen LogP contribution in [0.1, 0.15) is 0 Å². The van der Waals surface area contributed by atoms with Crippen molar-refractivity contribution in [2.45, 2.75) is 0 Å². The van der Waals surface area contributed by atoms with E-state index >= 15 is 0 Å². The van der Waals surface area contributed by atoms with Crippen molar-refractivity contribution >= 4 is 75.3 Å². The minimum atomic E-state index is 1.07. The SMILES string of the molecule is Brc1cc(N(c2ccc(-c3ccccc3)cc2)c2cccc3ccccc23)c2sc3ccccc3c2c1. The average Bonchev–Trinajstić information content (AvgIpc) is 3.33. The summed E-state index contributed by atoms with van der Waals surface area (Å²) in [4.78, 5) is 2.42. The van der Waals surface area contributed by atoms with E-state index in [0.717, 1.165) is 10.2 Å². The lowest BCUT2D eigenvalue weighted by Crippen LogP contribution is -2.10. The molecule has 7 aromatic rings. The second-order valence-electron chi connectivity index (χ2n) is 9.15. The van der Waals surface area contributed by atoms with Crippen molar-refractivity contribution in [2.24, 2.45) is 0 Å². The summed E-state index contributed by atoms with van der Waals surface area (Å²) in [5.74, 6) is 0. The molecule has 0 fully saturated rings. The standard InChI is InChI=1S/C34H22BrNS/c35-26-21-30-29-14-6-7-16-33(29)37-34(30)32(22-26)36(31-15-8-12-25-11-4-5-13-28(25)31)27-19-17-24(18-20-27)23-9-2-1-3-10-23/h1-22H. The molecule has 37 heavy (non-hydrogen) atoms. The van der Waals surface area contributed by atoms with Gasteiger partial charge in [-0.1, -0.05) is 113 Å². The van der Waals surface area contributed by atoms with Gasteiger partial charge in [0.1, 0.15) is 0 Å². The maximum atomic E-state index is 3.84. The molecule has 6 aromatic carbocycles. The van der Waals surface area contributed by atoms with Gasteiger partial charge in [0.25, 0.3) is 0 Å². The van der Waals surface area contributed by atoms with Crippen LogP contribution >= 0.6 is 27.3 Å². The number of hydrogen-bond acceptors (Lipinski definition) is 2. The number of nitrogens with zero attached hydrogens (tertiary/aromatic N) is 1. The summed E-state index contributed by atoms with van der Waals surface area (Å²) in [6, 6.07) is 47.9. The first-order valence-corrected chi connectivity index (χ1v) is 13.9. The van der Waals surface area contributed by atoms with Crippen molar-refractivity contribution in [3.05, 3.63) is 138 Å². The molecule has 1 aromatic heterocycles. The van der Waals surface area contributed by atoms with E-state index in [0.29, 0.717) is 0 Å². The number of thiophene rings is 1. The Balaban J connectivity index is 1.51. The maximum absolute atomic E-state index is 3.84. The van der Waals surface area contributed by atoms with Crippen molar-refractivity contribution in [2.75, 3.05) is 4.90 Å². The zero-order chi connectivity index (χ0) is 24.8. The van der Waals surface area contributed by atoms with Crippen LogP contribution in [0.5, 0.6) is 0 Å². The van der Waals surface area contributed by atoms with E-state index in [1.807, 2.05) is 11.3 Å². The van der Waals surface area contributed by atoms with Gasteiger partial charge in [-0.15, -0.1) is 11.3 Å². The molecule has 0 saturated carbocycles. The molecule has 0 saturated heterocycles. The Morgan fingerprint density at radius 3 is 2.03 bits per heavy atom. The molecule has 0 unspecified atom stereocenters. The van der Waals surface area contributed by atoms with E-state index < -0.39 is 0 Å². The number of halogens is 1. The zero-order valence-corrected chi connectivity index (χ0v) is 22.3. The van der Waals surface area contributed by atoms with Crippen molar-refractivity contribution in [1.82, 2.24) is 0 Å². The molecule has 0 spiro atoms. The molecule has 0 aliphatic heterocycles. The van der Waals surface area contributed by atoms with Crippen molar-refractivity contribution in [3.8, 4) is 11.1 Å². The predicted octanol–water partition coefficient (Wildman–Crippen LogP) is 11.1. The highest BCUT2D eigenvalue weighted by molar-refractivity contribution is 9.10. The molecule has 0 amide bonds. The smallest absolute Gasteiger partial charge is 0.0651 e. The van der Waals surface area contributed by atoms with Crippen LogP contribution in [0.3, 0.4) is 0 Å². The number of rotatable bonds is 4. The zero-order valence-electron chi connectivity index (χ0n) is 19.9. The molecule has 7 rings (SSSR count). The molecule has 0 bridgehead atoms. The molecule has 0 radical (unpaired) electrons. The van der Waals surface area contributed by atoms with Gasteiger partial charge >= 0.3 is 0 Å². The number of hydrogen-bond donors (Lipinski definition) is 0. The predicted molar refractivity (Wildman–Crippen MR) is 165 cm³/mol. The van der Waals surface area contributed by atoms with Crippen LogP contribution in [0.2, 0.25) is 0 Å². The molecule has 176 valence electrons. The molecule has 0 aliphatic rings. The quantitative estimate of drug-likeness (QED) is 0.208. The first-order valence-electron chi connectivity index (χ1n) is 12.3. The van der Waals surface area contributed by atoms with Crippen LogP contribution < -0.4 is 4.90 Å². The second-order valence-corrected chi connectivity index (χ2v) is 11.1. The topological polar surface area (TPSA) is 3.24 Å². The third-order valence-corrected chi connectivity index (χ3v) is 8.57. The molecule has 1 nitrogen and oxygen atoms in total.